The van der Waals surface area contributed by atoms with E-state index in [9.17, 15) is 13.2 Å². The molecule has 6 nitrogen and oxygen atoms in total. The summed E-state index contributed by atoms with van der Waals surface area (Å²) in [5.41, 5.74) is 1.91. The molecule has 0 atom stereocenters. The molecule has 2 aromatic carbocycles. The van der Waals surface area contributed by atoms with Crippen molar-refractivity contribution in [2.45, 2.75) is 24.8 Å². The fourth-order valence-corrected chi connectivity index (χ4v) is 4.02. The smallest absolute Gasteiger partial charge is 0.258 e. The molecule has 0 spiro atoms. The molecule has 0 radical (unpaired) electrons. The van der Waals surface area contributed by atoms with E-state index >= 15 is 0 Å². The van der Waals surface area contributed by atoms with Gasteiger partial charge >= 0.3 is 0 Å². The number of nitrogens with one attached hydrogen (secondary N) is 1. The molecule has 0 aliphatic rings. The van der Waals surface area contributed by atoms with Gasteiger partial charge in [0.05, 0.1) is 21.0 Å². The van der Waals surface area contributed by atoms with E-state index < -0.39 is 15.7 Å². The van der Waals surface area contributed by atoms with Crippen molar-refractivity contribution in [3.63, 3.8) is 0 Å². The Bertz CT molecular complexity index is 1090. The summed E-state index contributed by atoms with van der Waals surface area (Å²) < 4.78 is 25.6. The summed E-state index contributed by atoms with van der Waals surface area (Å²) in [6.45, 7) is 2.74. The quantitative estimate of drug-likeness (QED) is 0.718. The number of carbonyl (C=O) groups excluding carboxylic acids is 1. The van der Waals surface area contributed by atoms with Crippen LogP contribution in [0.25, 0.3) is 11.0 Å². The average molecular weight is 392 g/mol. The van der Waals surface area contributed by atoms with Gasteiger partial charge in [0.2, 0.25) is 5.95 Å². The minimum atomic E-state index is -3.53. The number of para-hydroxylation sites is 2. The van der Waals surface area contributed by atoms with Crippen LogP contribution in [0, 0.1) is 0 Å². The van der Waals surface area contributed by atoms with Crippen molar-refractivity contribution >= 4 is 44.3 Å². The minimum Gasteiger partial charge on any atom is -0.310 e. The van der Waals surface area contributed by atoms with Crippen LogP contribution in [-0.4, -0.2) is 30.1 Å². The lowest BCUT2D eigenvalue weighted by Gasteiger charge is -2.10. The summed E-state index contributed by atoms with van der Waals surface area (Å²) in [7, 11) is -3.53. The number of aromatic nitrogens is 2. The van der Waals surface area contributed by atoms with Crippen LogP contribution >= 0.6 is 11.6 Å². The number of hydrogen-bond donors (Lipinski definition) is 1. The predicted molar refractivity (Wildman–Crippen MR) is 103 cm³/mol. The number of hydrogen-bond acceptors (Lipinski definition) is 4. The first-order valence-corrected chi connectivity index (χ1v) is 10.3. The number of benzene rings is 2. The maximum absolute atomic E-state index is 12.6. The molecule has 0 unspecified atom stereocenters. The van der Waals surface area contributed by atoms with Crippen LogP contribution in [0.4, 0.5) is 5.95 Å². The summed E-state index contributed by atoms with van der Waals surface area (Å²) >= 11 is 5.94. The van der Waals surface area contributed by atoms with Crippen molar-refractivity contribution in [1.29, 1.82) is 0 Å². The zero-order chi connectivity index (χ0) is 18.9. The second kappa shape index (κ2) is 7.09. The molecular weight excluding hydrogens is 374 g/mol. The number of imidazole rings is 1. The van der Waals surface area contributed by atoms with E-state index in [1.165, 1.54) is 18.2 Å². The number of anilines is 1. The maximum Gasteiger partial charge on any atom is 0.258 e. The standard InChI is InChI=1S/C18H18ClN3O3S/c1-3-10-22-15-7-5-4-6-14(15)20-18(22)21-17(23)12-8-9-13(19)16(11-12)26(2,24)25/h4-9,11H,3,10H2,1-2H3,(H,20,21,23). The lowest BCUT2D eigenvalue weighted by atomic mass is 10.2. The molecule has 1 aromatic heterocycles. The number of aryl methyl sites for hydroxylation is 1. The van der Waals surface area contributed by atoms with E-state index in [0.29, 0.717) is 12.5 Å². The number of halogens is 1. The van der Waals surface area contributed by atoms with Crippen LogP contribution in [0.15, 0.2) is 47.4 Å². The van der Waals surface area contributed by atoms with Gasteiger partial charge in [-0.25, -0.2) is 13.4 Å². The first kappa shape index (κ1) is 18.4. The lowest BCUT2D eigenvalue weighted by Crippen LogP contribution is -2.16. The van der Waals surface area contributed by atoms with Gasteiger partial charge in [-0.15, -0.1) is 0 Å². The van der Waals surface area contributed by atoms with Gasteiger partial charge in [0.1, 0.15) is 0 Å². The predicted octanol–water partition coefficient (Wildman–Crippen LogP) is 3.76. The van der Waals surface area contributed by atoms with E-state index in [2.05, 4.69) is 10.3 Å². The second-order valence-electron chi connectivity index (χ2n) is 5.95. The molecule has 1 N–H and O–H groups in total. The molecule has 1 amide bonds. The Morgan fingerprint density at radius 3 is 2.65 bits per heavy atom. The van der Waals surface area contributed by atoms with Crippen molar-refractivity contribution in [1.82, 2.24) is 9.55 Å². The first-order chi connectivity index (χ1) is 12.3. The van der Waals surface area contributed by atoms with Crippen molar-refractivity contribution in [3.05, 3.63) is 53.1 Å². The van der Waals surface area contributed by atoms with Gasteiger partial charge in [0, 0.05) is 18.4 Å². The van der Waals surface area contributed by atoms with E-state index in [1.54, 1.807) is 0 Å². The van der Waals surface area contributed by atoms with Crippen molar-refractivity contribution in [2.24, 2.45) is 0 Å². The van der Waals surface area contributed by atoms with Crippen LogP contribution in [0.3, 0.4) is 0 Å². The molecule has 0 saturated carbocycles. The Labute approximate surface area is 156 Å². The maximum atomic E-state index is 12.6. The van der Waals surface area contributed by atoms with Crippen molar-refractivity contribution in [2.75, 3.05) is 11.6 Å². The molecule has 0 aliphatic carbocycles. The molecule has 0 fully saturated rings. The molecule has 3 aromatic rings. The summed E-state index contributed by atoms with van der Waals surface area (Å²) in [5, 5.41) is 2.86. The Hall–Kier alpha value is -2.38. The van der Waals surface area contributed by atoms with E-state index in [-0.39, 0.29) is 15.5 Å². The Morgan fingerprint density at radius 1 is 1.23 bits per heavy atom. The highest BCUT2D eigenvalue weighted by molar-refractivity contribution is 7.90. The number of nitrogens with zero attached hydrogens (tertiary/aromatic N) is 2. The first-order valence-electron chi connectivity index (χ1n) is 8.07. The van der Waals surface area contributed by atoms with E-state index in [1.807, 2.05) is 35.8 Å². The van der Waals surface area contributed by atoms with Crippen LogP contribution in [-0.2, 0) is 16.4 Å². The van der Waals surface area contributed by atoms with Gasteiger partial charge in [-0.05, 0) is 36.8 Å². The molecular formula is C18H18ClN3O3S. The number of fused-ring (bicyclic) bond motifs is 1. The molecule has 136 valence electrons. The number of amides is 1. The van der Waals surface area contributed by atoms with Crippen LogP contribution in [0.1, 0.15) is 23.7 Å². The normalized spacial score (nSPS) is 11.7. The summed E-state index contributed by atoms with van der Waals surface area (Å²) in [6, 6.07) is 11.8. The molecule has 1 heterocycles. The molecule has 8 heteroatoms. The number of rotatable bonds is 5. The molecule has 3 rings (SSSR count). The summed E-state index contributed by atoms with van der Waals surface area (Å²) in [4.78, 5) is 17.0. The van der Waals surface area contributed by atoms with Gasteiger partial charge < -0.3 is 4.57 Å². The minimum absolute atomic E-state index is 0.0751. The van der Waals surface area contributed by atoms with Gasteiger partial charge in [-0.2, -0.15) is 0 Å². The van der Waals surface area contributed by atoms with Gasteiger partial charge in [0.15, 0.2) is 9.84 Å². The highest BCUT2D eigenvalue weighted by Gasteiger charge is 2.18. The summed E-state index contributed by atoms with van der Waals surface area (Å²) in [5.74, 6) is -0.0202. The third-order valence-electron chi connectivity index (χ3n) is 3.92. The largest absolute Gasteiger partial charge is 0.310 e. The highest BCUT2D eigenvalue weighted by atomic mass is 35.5. The van der Waals surface area contributed by atoms with Crippen molar-refractivity contribution < 1.29 is 13.2 Å². The Kier molecular flexibility index (Phi) is 5.02. The Morgan fingerprint density at radius 2 is 1.96 bits per heavy atom. The fourth-order valence-electron chi connectivity index (χ4n) is 2.72. The van der Waals surface area contributed by atoms with Gasteiger partial charge in [0.25, 0.3) is 5.91 Å². The van der Waals surface area contributed by atoms with Crippen LogP contribution in [0.5, 0.6) is 0 Å². The van der Waals surface area contributed by atoms with E-state index in [0.717, 1.165) is 23.7 Å². The van der Waals surface area contributed by atoms with Gasteiger partial charge in [-0.1, -0.05) is 30.7 Å². The van der Waals surface area contributed by atoms with E-state index in [4.69, 9.17) is 11.6 Å². The third-order valence-corrected chi connectivity index (χ3v) is 5.50. The number of carbonyl (C=O) groups is 1. The lowest BCUT2D eigenvalue weighted by molar-refractivity contribution is 0.102. The zero-order valence-corrected chi connectivity index (χ0v) is 15.9. The zero-order valence-electron chi connectivity index (χ0n) is 14.4. The second-order valence-corrected chi connectivity index (χ2v) is 8.34. The SMILES string of the molecule is CCCn1c(NC(=O)c2ccc(Cl)c(S(C)(=O)=O)c2)nc2ccccc21. The van der Waals surface area contributed by atoms with Crippen molar-refractivity contribution in [3.8, 4) is 0 Å². The monoisotopic (exact) mass is 391 g/mol. The molecule has 0 aliphatic heterocycles. The molecule has 0 saturated heterocycles. The van der Waals surface area contributed by atoms with Crippen LogP contribution in [0.2, 0.25) is 5.02 Å². The average Bonchev–Trinajstić information content (AvgIpc) is 2.92. The number of sulfone groups is 1. The van der Waals surface area contributed by atoms with Crippen LogP contribution < -0.4 is 5.32 Å². The van der Waals surface area contributed by atoms with Gasteiger partial charge in [-0.3, -0.25) is 10.1 Å². The molecule has 0 bridgehead atoms. The fraction of sp³-hybridized carbons (Fsp3) is 0.222. The Balaban J connectivity index is 1.98. The highest BCUT2D eigenvalue weighted by Crippen LogP contribution is 2.24. The third kappa shape index (κ3) is 3.59. The molecule has 26 heavy (non-hydrogen) atoms. The topological polar surface area (TPSA) is 81.1 Å². The summed E-state index contributed by atoms with van der Waals surface area (Å²) in [6.07, 6.45) is 1.93.